The summed E-state index contributed by atoms with van der Waals surface area (Å²) in [5.74, 6) is 0.989. The predicted molar refractivity (Wildman–Crippen MR) is 94.3 cm³/mol. The summed E-state index contributed by atoms with van der Waals surface area (Å²) in [5, 5.41) is 3.99. The molecule has 0 amide bonds. The van der Waals surface area contributed by atoms with Gasteiger partial charge >= 0.3 is 5.97 Å². The van der Waals surface area contributed by atoms with Gasteiger partial charge in [0.1, 0.15) is 5.75 Å². The molecule has 0 saturated carbocycles. The number of aromatic nitrogens is 3. The minimum Gasteiger partial charge on any atom is -0.476 e. The highest BCUT2D eigenvalue weighted by molar-refractivity contribution is 5.79. The van der Waals surface area contributed by atoms with Gasteiger partial charge in [0, 0.05) is 18.0 Å². The van der Waals surface area contributed by atoms with Crippen molar-refractivity contribution < 1.29 is 18.8 Å². The molecule has 0 aliphatic heterocycles. The molecule has 0 bridgehead atoms. The molecule has 134 valence electrons. The van der Waals surface area contributed by atoms with Crippen molar-refractivity contribution in [3.8, 4) is 28.6 Å². The van der Waals surface area contributed by atoms with Crippen LogP contribution in [0.5, 0.6) is 5.75 Å². The summed E-state index contributed by atoms with van der Waals surface area (Å²) >= 11 is 0. The largest absolute Gasteiger partial charge is 0.476 e. The average molecular weight is 353 g/mol. The molecule has 0 N–H and O–H groups in total. The predicted octanol–water partition coefficient (Wildman–Crippen LogP) is 3.52. The maximum Gasteiger partial charge on any atom is 0.349 e. The molecule has 2 heterocycles. The fraction of sp³-hybridized carbons (Fsp3) is 0.263. The average Bonchev–Trinajstić information content (AvgIpc) is 3.13. The summed E-state index contributed by atoms with van der Waals surface area (Å²) in [6.07, 6.45) is 3.34. The number of rotatable bonds is 6. The standard InChI is InChI=1S/C19H19N3O4/c1-4-24-18(23)19(2,3)25-15-9-7-13(8-10-15)16-21-17(26-22-16)14-6-5-11-20-12-14/h5-12H,4H2,1-3H3. The number of hydrogen-bond acceptors (Lipinski definition) is 7. The van der Waals surface area contributed by atoms with Crippen LogP contribution in [-0.2, 0) is 9.53 Å². The van der Waals surface area contributed by atoms with E-state index in [4.69, 9.17) is 14.0 Å². The molecule has 7 heteroatoms. The quantitative estimate of drug-likeness (QED) is 0.627. The van der Waals surface area contributed by atoms with E-state index in [1.807, 2.05) is 6.07 Å². The van der Waals surface area contributed by atoms with Crippen LogP contribution < -0.4 is 4.74 Å². The number of hydrogen-bond donors (Lipinski definition) is 0. The highest BCUT2D eigenvalue weighted by Gasteiger charge is 2.31. The number of pyridine rings is 1. The third-order valence-electron chi connectivity index (χ3n) is 3.59. The van der Waals surface area contributed by atoms with Gasteiger partial charge in [-0.3, -0.25) is 4.98 Å². The van der Waals surface area contributed by atoms with Crippen molar-refractivity contribution in [1.82, 2.24) is 15.1 Å². The Morgan fingerprint density at radius 3 is 2.58 bits per heavy atom. The summed E-state index contributed by atoms with van der Waals surface area (Å²) in [5.41, 5.74) is 0.449. The fourth-order valence-corrected chi connectivity index (χ4v) is 2.26. The van der Waals surface area contributed by atoms with Gasteiger partial charge in [0.05, 0.1) is 12.2 Å². The lowest BCUT2D eigenvalue weighted by Crippen LogP contribution is -2.39. The van der Waals surface area contributed by atoms with Crippen LogP contribution in [0, 0.1) is 0 Å². The topological polar surface area (TPSA) is 87.3 Å². The minimum absolute atomic E-state index is 0.307. The van der Waals surface area contributed by atoms with Gasteiger partial charge < -0.3 is 14.0 Å². The molecule has 2 aromatic heterocycles. The molecule has 0 aliphatic carbocycles. The number of carbonyl (C=O) groups excluding carboxylic acids is 1. The van der Waals surface area contributed by atoms with E-state index in [0.717, 1.165) is 11.1 Å². The lowest BCUT2D eigenvalue weighted by molar-refractivity contribution is -0.158. The van der Waals surface area contributed by atoms with Crippen molar-refractivity contribution in [2.24, 2.45) is 0 Å². The highest BCUT2D eigenvalue weighted by atomic mass is 16.6. The van der Waals surface area contributed by atoms with Crippen molar-refractivity contribution in [1.29, 1.82) is 0 Å². The molecule has 3 aromatic rings. The Kier molecular flexibility index (Phi) is 4.97. The first-order chi connectivity index (χ1) is 12.5. The fourth-order valence-electron chi connectivity index (χ4n) is 2.26. The van der Waals surface area contributed by atoms with Crippen molar-refractivity contribution in [3.63, 3.8) is 0 Å². The van der Waals surface area contributed by atoms with Gasteiger partial charge in [-0.1, -0.05) is 5.16 Å². The lowest BCUT2D eigenvalue weighted by atomic mass is 10.1. The molecule has 26 heavy (non-hydrogen) atoms. The van der Waals surface area contributed by atoms with E-state index in [1.54, 1.807) is 63.5 Å². The van der Waals surface area contributed by atoms with E-state index < -0.39 is 11.6 Å². The second-order valence-corrected chi connectivity index (χ2v) is 6.02. The first-order valence-electron chi connectivity index (χ1n) is 8.20. The van der Waals surface area contributed by atoms with Gasteiger partial charge in [-0.25, -0.2) is 4.79 Å². The van der Waals surface area contributed by atoms with Crippen molar-refractivity contribution in [2.75, 3.05) is 6.61 Å². The van der Waals surface area contributed by atoms with Crippen molar-refractivity contribution >= 4 is 5.97 Å². The Morgan fingerprint density at radius 1 is 1.15 bits per heavy atom. The number of benzene rings is 1. The van der Waals surface area contributed by atoms with Crippen LogP contribution in [0.2, 0.25) is 0 Å². The third kappa shape index (κ3) is 3.88. The van der Waals surface area contributed by atoms with Crippen molar-refractivity contribution in [2.45, 2.75) is 26.4 Å². The molecule has 0 aliphatic rings. The normalized spacial score (nSPS) is 11.2. The third-order valence-corrected chi connectivity index (χ3v) is 3.59. The minimum atomic E-state index is -1.07. The van der Waals surface area contributed by atoms with Gasteiger partial charge in [0.15, 0.2) is 5.60 Å². The molecular formula is C19H19N3O4. The summed E-state index contributed by atoms with van der Waals surface area (Å²) in [7, 11) is 0. The highest BCUT2D eigenvalue weighted by Crippen LogP contribution is 2.25. The van der Waals surface area contributed by atoms with Gasteiger partial charge in [-0.15, -0.1) is 0 Å². The molecule has 0 spiro atoms. The van der Waals surface area contributed by atoms with E-state index in [9.17, 15) is 4.79 Å². The Hall–Kier alpha value is -3.22. The molecule has 0 saturated heterocycles. The zero-order chi connectivity index (χ0) is 18.6. The zero-order valence-electron chi connectivity index (χ0n) is 14.8. The monoisotopic (exact) mass is 353 g/mol. The Bertz CT molecular complexity index is 873. The first kappa shape index (κ1) is 17.6. The maximum atomic E-state index is 11.9. The molecule has 0 radical (unpaired) electrons. The van der Waals surface area contributed by atoms with Crippen LogP contribution in [-0.4, -0.2) is 33.3 Å². The molecule has 0 atom stereocenters. The van der Waals surface area contributed by atoms with Gasteiger partial charge in [0.2, 0.25) is 5.82 Å². The van der Waals surface area contributed by atoms with Crippen LogP contribution in [0.15, 0.2) is 53.3 Å². The van der Waals surface area contributed by atoms with Gasteiger partial charge in [-0.05, 0) is 57.2 Å². The second-order valence-electron chi connectivity index (χ2n) is 6.02. The molecule has 1 aromatic carbocycles. The summed E-state index contributed by atoms with van der Waals surface area (Å²) in [4.78, 5) is 20.3. The van der Waals surface area contributed by atoms with E-state index in [0.29, 0.717) is 24.1 Å². The van der Waals surface area contributed by atoms with Crippen LogP contribution in [0.4, 0.5) is 0 Å². The summed E-state index contributed by atoms with van der Waals surface area (Å²) in [6.45, 7) is 5.39. The van der Waals surface area contributed by atoms with E-state index in [1.165, 1.54) is 0 Å². The van der Waals surface area contributed by atoms with Crippen LogP contribution >= 0.6 is 0 Å². The Labute approximate surface area is 151 Å². The zero-order valence-corrected chi connectivity index (χ0v) is 14.8. The molecule has 7 nitrogen and oxygen atoms in total. The SMILES string of the molecule is CCOC(=O)C(C)(C)Oc1ccc(-c2noc(-c3cccnc3)n2)cc1. The van der Waals surface area contributed by atoms with Crippen LogP contribution in [0.1, 0.15) is 20.8 Å². The number of nitrogens with zero attached hydrogens (tertiary/aromatic N) is 3. The Morgan fingerprint density at radius 2 is 1.92 bits per heavy atom. The van der Waals surface area contributed by atoms with Gasteiger partial charge in [0.25, 0.3) is 5.89 Å². The number of carbonyl (C=O) groups is 1. The summed E-state index contributed by atoms with van der Waals surface area (Å²) in [6, 6.07) is 10.7. The summed E-state index contributed by atoms with van der Waals surface area (Å²) < 4.78 is 16.0. The van der Waals surface area contributed by atoms with Crippen molar-refractivity contribution in [3.05, 3.63) is 48.8 Å². The number of ether oxygens (including phenoxy) is 2. The van der Waals surface area contributed by atoms with E-state index >= 15 is 0 Å². The molecule has 0 unspecified atom stereocenters. The van der Waals surface area contributed by atoms with Crippen LogP contribution in [0.3, 0.4) is 0 Å². The first-order valence-corrected chi connectivity index (χ1v) is 8.20. The van der Waals surface area contributed by atoms with E-state index in [-0.39, 0.29) is 0 Å². The molecule has 3 rings (SSSR count). The maximum absolute atomic E-state index is 11.9. The smallest absolute Gasteiger partial charge is 0.349 e. The molecular weight excluding hydrogens is 334 g/mol. The van der Waals surface area contributed by atoms with Gasteiger partial charge in [-0.2, -0.15) is 4.98 Å². The lowest BCUT2D eigenvalue weighted by Gasteiger charge is -2.24. The van der Waals surface area contributed by atoms with E-state index in [2.05, 4.69) is 15.1 Å². The van der Waals surface area contributed by atoms with Crippen LogP contribution in [0.25, 0.3) is 22.8 Å². The number of esters is 1. The molecule has 0 fully saturated rings. The Balaban J connectivity index is 1.74. The second kappa shape index (κ2) is 7.35.